The van der Waals surface area contributed by atoms with Gasteiger partial charge in [-0.05, 0) is 89.9 Å². The number of ether oxygens (including phenoxy) is 1. The average Bonchev–Trinajstić information content (AvgIpc) is 3.44. The van der Waals surface area contributed by atoms with E-state index in [9.17, 15) is 19.8 Å². The Balaban J connectivity index is 3.41. The molecule has 0 aromatic carbocycles. The van der Waals surface area contributed by atoms with Crippen LogP contribution in [0.15, 0.2) is 48.6 Å². The predicted molar refractivity (Wildman–Crippen MR) is 342 cm³/mol. The van der Waals surface area contributed by atoms with Crippen molar-refractivity contribution in [3.05, 3.63) is 48.6 Å². The van der Waals surface area contributed by atoms with E-state index in [1.165, 1.54) is 295 Å². The minimum absolute atomic E-state index is 0.00886. The standard InChI is InChI=1S/C72H135NO5/c1-3-5-7-9-11-13-15-17-19-20-35-38-42-46-50-54-58-62-66-72(77)78-67-63-59-55-51-47-43-39-36-33-31-29-27-25-23-21-22-24-26-28-30-32-34-37-41-45-49-53-57-61-65-71(76)73-69(68-74)70(75)64-60-56-52-48-44-40-18-16-14-12-10-8-6-4-2/h19-21,23,27,29,60,64,69-70,74-75H,3-18,22,24-26,28,30-59,61-63,65-68H2,1-2H3,(H,73,76)/b20-19-,23-21-,29-27-,64-60+. The third kappa shape index (κ3) is 63.0. The molecule has 2 atom stereocenters. The number of unbranched alkanes of at least 4 members (excludes halogenated alkanes) is 48. The van der Waals surface area contributed by atoms with Gasteiger partial charge in [-0.2, -0.15) is 0 Å². The van der Waals surface area contributed by atoms with Crippen molar-refractivity contribution in [1.29, 1.82) is 0 Å². The molecule has 0 aliphatic heterocycles. The van der Waals surface area contributed by atoms with Crippen molar-refractivity contribution in [3.63, 3.8) is 0 Å². The number of carbonyl (C=O) groups is 2. The fourth-order valence-electron chi connectivity index (χ4n) is 10.7. The smallest absolute Gasteiger partial charge is 0.305 e. The molecule has 458 valence electrons. The van der Waals surface area contributed by atoms with Crippen LogP contribution in [0.4, 0.5) is 0 Å². The Bertz CT molecular complexity index is 1310. The maximum absolute atomic E-state index is 12.5. The van der Waals surface area contributed by atoms with Crippen molar-refractivity contribution in [1.82, 2.24) is 5.32 Å². The van der Waals surface area contributed by atoms with E-state index in [2.05, 4.69) is 55.6 Å². The summed E-state index contributed by atoms with van der Waals surface area (Å²) in [7, 11) is 0. The topological polar surface area (TPSA) is 95.9 Å². The van der Waals surface area contributed by atoms with Crippen molar-refractivity contribution >= 4 is 11.9 Å². The SMILES string of the molecule is CCCCCCCCC/C=C\CCCCCCCCCC(=O)OCCCCCCCCCCC/C=C\C/C=C\CCCCCCCCCCCCCCCC(=O)NC(CO)C(O)/C=C/CCCCCCCCCCCCCC. The molecule has 6 nitrogen and oxygen atoms in total. The molecule has 1 amide bonds. The van der Waals surface area contributed by atoms with E-state index in [1.54, 1.807) is 6.08 Å². The Morgan fingerprint density at radius 3 is 0.987 bits per heavy atom. The molecule has 0 spiro atoms. The number of hydrogen-bond donors (Lipinski definition) is 3. The van der Waals surface area contributed by atoms with Crippen molar-refractivity contribution in [3.8, 4) is 0 Å². The highest BCUT2D eigenvalue weighted by Crippen LogP contribution is 2.17. The molecule has 0 aliphatic carbocycles. The number of aliphatic hydroxyl groups excluding tert-OH is 2. The summed E-state index contributed by atoms with van der Waals surface area (Å²) in [6.07, 6.45) is 87.6. The van der Waals surface area contributed by atoms with Gasteiger partial charge in [0.1, 0.15) is 0 Å². The van der Waals surface area contributed by atoms with E-state index in [0.29, 0.717) is 19.4 Å². The molecule has 0 radical (unpaired) electrons. The Kier molecular flexibility index (Phi) is 65.4. The minimum Gasteiger partial charge on any atom is -0.466 e. The molecule has 78 heavy (non-hydrogen) atoms. The van der Waals surface area contributed by atoms with E-state index in [-0.39, 0.29) is 18.5 Å². The van der Waals surface area contributed by atoms with Crippen LogP contribution in [0.2, 0.25) is 0 Å². The second kappa shape index (κ2) is 67.3. The van der Waals surface area contributed by atoms with Gasteiger partial charge >= 0.3 is 5.97 Å². The summed E-state index contributed by atoms with van der Waals surface area (Å²) in [5.74, 6) is -0.0591. The second-order valence-corrected chi connectivity index (χ2v) is 23.9. The summed E-state index contributed by atoms with van der Waals surface area (Å²) >= 11 is 0. The molecule has 0 fully saturated rings. The van der Waals surface area contributed by atoms with Crippen molar-refractivity contribution in [2.75, 3.05) is 13.2 Å². The minimum atomic E-state index is -0.845. The van der Waals surface area contributed by atoms with Crippen LogP contribution in [-0.2, 0) is 14.3 Å². The molecule has 0 bridgehead atoms. The van der Waals surface area contributed by atoms with Crippen LogP contribution in [0.25, 0.3) is 0 Å². The molecular formula is C72H135NO5. The molecule has 0 aliphatic rings. The first kappa shape index (κ1) is 75.8. The number of aliphatic hydroxyl groups is 2. The number of esters is 1. The van der Waals surface area contributed by atoms with E-state index >= 15 is 0 Å². The lowest BCUT2D eigenvalue weighted by Crippen LogP contribution is -2.45. The third-order valence-corrected chi connectivity index (χ3v) is 16.1. The summed E-state index contributed by atoms with van der Waals surface area (Å²) < 4.78 is 5.50. The number of allylic oxidation sites excluding steroid dienone is 7. The maximum Gasteiger partial charge on any atom is 0.305 e. The summed E-state index contributed by atoms with van der Waals surface area (Å²) in [6.45, 7) is 4.91. The van der Waals surface area contributed by atoms with Gasteiger partial charge in [0.25, 0.3) is 0 Å². The lowest BCUT2D eigenvalue weighted by Gasteiger charge is -2.20. The van der Waals surface area contributed by atoms with Gasteiger partial charge in [0.05, 0.1) is 25.4 Å². The molecule has 6 heteroatoms. The molecule has 0 aromatic rings. The summed E-state index contributed by atoms with van der Waals surface area (Å²) in [5, 5.41) is 23.1. The van der Waals surface area contributed by atoms with Gasteiger partial charge in [-0.3, -0.25) is 9.59 Å². The van der Waals surface area contributed by atoms with Gasteiger partial charge in [-0.25, -0.2) is 0 Å². The Hall–Kier alpha value is -2.18. The first-order valence-electron chi connectivity index (χ1n) is 34.9. The average molecular weight is 1090 g/mol. The monoisotopic (exact) mass is 1090 g/mol. The predicted octanol–water partition coefficient (Wildman–Crippen LogP) is 22.5. The van der Waals surface area contributed by atoms with Gasteiger partial charge < -0.3 is 20.3 Å². The molecule has 2 unspecified atom stereocenters. The Morgan fingerprint density at radius 1 is 0.359 bits per heavy atom. The van der Waals surface area contributed by atoms with Crippen LogP contribution < -0.4 is 5.32 Å². The fourth-order valence-corrected chi connectivity index (χ4v) is 10.7. The van der Waals surface area contributed by atoms with Gasteiger partial charge in [0.15, 0.2) is 0 Å². The molecule has 0 aromatic heterocycles. The summed E-state index contributed by atoms with van der Waals surface area (Å²) in [6, 6.07) is -0.629. The van der Waals surface area contributed by atoms with E-state index < -0.39 is 12.1 Å². The highest BCUT2D eigenvalue weighted by Gasteiger charge is 2.18. The largest absolute Gasteiger partial charge is 0.466 e. The van der Waals surface area contributed by atoms with Crippen LogP contribution in [-0.4, -0.2) is 47.4 Å². The van der Waals surface area contributed by atoms with Crippen LogP contribution in [0.5, 0.6) is 0 Å². The van der Waals surface area contributed by atoms with Crippen LogP contribution >= 0.6 is 0 Å². The zero-order chi connectivity index (χ0) is 56.4. The normalized spacial score (nSPS) is 12.8. The molecule has 0 heterocycles. The van der Waals surface area contributed by atoms with Crippen LogP contribution in [0.1, 0.15) is 373 Å². The number of hydrogen-bond acceptors (Lipinski definition) is 5. The molecule has 0 saturated carbocycles. The highest BCUT2D eigenvalue weighted by atomic mass is 16.5. The number of amides is 1. The Labute approximate surface area is 486 Å². The zero-order valence-corrected chi connectivity index (χ0v) is 52.4. The first-order valence-corrected chi connectivity index (χ1v) is 34.9. The number of nitrogens with one attached hydrogen (secondary N) is 1. The number of rotatable bonds is 65. The van der Waals surface area contributed by atoms with Gasteiger partial charge in [-0.1, -0.05) is 319 Å². The van der Waals surface area contributed by atoms with Crippen molar-refractivity contribution < 1.29 is 24.5 Å². The van der Waals surface area contributed by atoms with E-state index in [4.69, 9.17) is 4.74 Å². The molecule has 0 saturated heterocycles. The highest BCUT2D eigenvalue weighted by molar-refractivity contribution is 5.76. The van der Waals surface area contributed by atoms with Crippen LogP contribution in [0, 0.1) is 0 Å². The van der Waals surface area contributed by atoms with Gasteiger partial charge in [0, 0.05) is 12.8 Å². The van der Waals surface area contributed by atoms with Crippen molar-refractivity contribution in [2.45, 2.75) is 386 Å². The molecule has 3 N–H and O–H groups in total. The first-order chi connectivity index (χ1) is 38.5. The van der Waals surface area contributed by atoms with Crippen LogP contribution in [0.3, 0.4) is 0 Å². The molecular weight excluding hydrogens is 959 g/mol. The lowest BCUT2D eigenvalue weighted by atomic mass is 10.0. The van der Waals surface area contributed by atoms with Gasteiger partial charge in [0.2, 0.25) is 5.91 Å². The maximum atomic E-state index is 12.5. The quantitative estimate of drug-likeness (QED) is 0.0320. The summed E-state index contributed by atoms with van der Waals surface area (Å²) in [5.41, 5.74) is 0. The van der Waals surface area contributed by atoms with E-state index in [0.717, 1.165) is 51.4 Å². The Morgan fingerprint density at radius 2 is 0.641 bits per heavy atom. The molecule has 0 rings (SSSR count). The van der Waals surface area contributed by atoms with Gasteiger partial charge in [-0.15, -0.1) is 0 Å². The lowest BCUT2D eigenvalue weighted by molar-refractivity contribution is -0.143. The fraction of sp³-hybridized carbons (Fsp3) is 0.861. The van der Waals surface area contributed by atoms with Crippen molar-refractivity contribution in [2.24, 2.45) is 0 Å². The second-order valence-electron chi connectivity index (χ2n) is 23.9. The third-order valence-electron chi connectivity index (χ3n) is 16.1. The summed E-state index contributed by atoms with van der Waals surface area (Å²) in [4.78, 5) is 24.6. The zero-order valence-electron chi connectivity index (χ0n) is 52.4. The number of carbonyl (C=O) groups excluding carboxylic acids is 2. The van der Waals surface area contributed by atoms with E-state index in [1.807, 2.05) is 6.08 Å².